The highest BCUT2D eigenvalue weighted by Crippen LogP contribution is 2.37. The fraction of sp³-hybridized carbons (Fsp3) is 0.765. The second kappa shape index (κ2) is 5.80. The minimum Gasteiger partial charge on any atom is -0.311 e. The molecule has 1 aromatic heterocycles. The van der Waals surface area contributed by atoms with Crippen LogP contribution in [0, 0.1) is 18.8 Å². The number of fused-ring (bicyclic) bond motifs is 1. The molecule has 0 atom stereocenters. The van der Waals surface area contributed by atoms with E-state index in [0.29, 0.717) is 5.92 Å². The summed E-state index contributed by atoms with van der Waals surface area (Å²) in [7, 11) is 0. The minimum atomic E-state index is 0.593. The van der Waals surface area contributed by atoms with Crippen molar-refractivity contribution in [3.8, 4) is 0 Å². The van der Waals surface area contributed by atoms with Crippen LogP contribution in [0.15, 0.2) is 0 Å². The molecule has 1 aliphatic heterocycles. The molecule has 1 aliphatic carbocycles. The molecule has 1 saturated carbocycles. The Labute approximate surface area is 122 Å². The molecule has 20 heavy (non-hydrogen) atoms. The van der Waals surface area contributed by atoms with Gasteiger partial charge in [0, 0.05) is 18.2 Å². The van der Waals surface area contributed by atoms with Gasteiger partial charge in [-0.2, -0.15) is 0 Å². The standard InChI is InChI=1S/C17H27N3/c1-11(2)13-4-6-14(7-5-13)17-19-12(3)15-8-9-18-10-16(15)20-17/h11,13-14,18H,4-10H2,1-3H3. The van der Waals surface area contributed by atoms with E-state index in [9.17, 15) is 0 Å². The van der Waals surface area contributed by atoms with Crippen molar-refractivity contribution in [1.82, 2.24) is 15.3 Å². The van der Waals surface area contributed by atoms with Gasteiger partial charge in [0.05, 0.1) is 5.69 Å². The third kappa shape index (κ3) is 2.73. The fourth-order valence-electron chi connectivity index (χ4n) is 3.80. The summed E-state index contributed by atoms with van der Waals surface area (Å²) in [6.07, 6.45) is 6.32. The largest absolute Gasteiger partial charge is 0.311 e. The lowest BCUT2D eigenvalue weighted by atomic mass is 9.76. The summed E-state index contributed by atoms with van der Waals surface area (Å²) in [4.78, 5) is 9.74. The molecular formula is C17H27N3. The van der Waals surface area contributed by atoms with E-state index >= 15 is 0 Å². The lowest BCUT2D eigenvalue weighted by molar-refractivity contribution is 0.254. The van der Waals surface area contributed by atoms with Gasteiger partial charge in [0.15, 0.2) is 0 Å². The van der Waals surface area contributed by atoms with Crippen molar-refractivity contribution < 1.29 is 0 Å². The highest BCUT2D eigenvalue weighted by atomic mass is 15.0. The predicted octanol–water partition coefficient (Wildman–Crippen LogP) is 3.36. The van der Waals surface area contributed by atoms with Crippen LogP contribution in [0.4, 0.5) is 0 Å². The van der Waals surface area contributed by atoms with Crippen LogP contribution in [0.2, 0.25) is 0 Å². The van der Waals surface area contributed by atoms with Crippen molar-refractivity contribution in [2.45, 2.75) is 65.3 Å². The maximum Gasteiger partial charge on any atom is 0.132 e. The number of rotatable bonds is 2. The molecular weight excluding hydrogens is 246 g/mol. The molecule has 0 unspecified atom stereocenters. The summed E-state index contributed by atoms with van der Waals surface area (Å²) >= 11 is 0. The van der Waals surface area contributed by atoms with Crippen LogP contribution < -0.4 is 5.32 Å². The molecule has 0 amide bonds. The SMILES string of the molecule is Cc1nc(C2CCC(C(C)C)CC2)nc2c1CCNC2. The Morgan fingerprint density at radius 2 is 1.85 bits per heavy atom. The lowest BCUT2D eigenvalue weighted by Gasteiger charge is -2.30. The van der Waals surface area contributed by atoms with Gasteiger partial charge in [0.25, 0.3) is 0 Å². The Morgan fingerprint density at radius 1 is 1.10 bits per heavy atom. The zero-order chi connectivity index (χ0) is 14.1. The number of aromatic nitrogens is 2. The molecule has 3 rings (SSSR count). The predicted molar refractivity (Wildman–Crippen MR) is 81.7 cm³/mol. The fourth-order valence-corrected chi connectivity index (χ4v) is 3.80. The van der Waals surface area contributed by atoms with Gasteiger partial charge in [0.1, 0.15) is 5.82 Å². The average molecular weight is 273 g/mol. The maximum atomic E-state index is 4.89. The first-order valence-electron chi connectivity index (χ1n) is 8.22. The highest BCUT2D eigenvalue weighted by Gasteiger charge is 2.27. The van der Waals surface area contributed by atoms with E-state index in [-0.39, 0.29) is 0 Å². The molecule has 3 nitrogen and oxygen atoms in total. The first-order chi connectivity index (χ1) is 9.65. The van der Waals surface area contributed by atoms with E-state index in [4.69, 9.17) is 9.97 Å². The molecule has 110 valence electrons. The molecule has 0 bridgehead atoms. The van der Waals surface area contributed by atoms with Gasteiger partial charge >= 0.3 is 0 Å². The summed E-state index contributed by atoms with van der Waals surface area (Å²) in [6, 6.07) is 0. The average Bonchev–Trinajstić information content (AvgIpc) is 2.47. The van der Waals surface area contributed by atoms with Gasteiger partial charge in [-0.3, -0.25) is 0 Å². The lowest BCUT2D eigenvalue weighted by Crippen LogP contribution is -2.27. The maximum absolute atomic E-state index is 4.89. The number of nitrogens with zero attached hydrogens (tertiary/aromatic N) is 2. The summed E-state index contributed by atoms with van der Waals surface area (Å²) in [5.41, 5.74) is 3.87. The van der Waals surface area contributed by atoms with Crippen molar-refractivity contribution in [3.63, 3.8) is 0 Å². The molecule has 0 spiro atoms. The molecule has 0 saturated heterocycles. The van der Waals surface area contributed by atoms with E-state index < -0.39 is 0 Å². The van der Waals surface area contributed by atoms with E-state index in [1.165, 1.54) is 42.6 Å². The third-order valence-corrected chi connectivity index (χ3v) is 5.24. The first-order valence-corrected chi connectivity index (χ1v) is 8.22. The Balaban J connectivity index is 1.76. The summed E-state index contributed by atoms with van der Waals surface area (Å²) in [6.45, 7) is 8.87. The van der Waals surface area contributed by atoms with Gasteiger partial charge in [-0.05, 0) is 63.0 Å². The van der Waals surface area contributed by atoms with E-state index in [0.717, 1.165) is 37.2 Å². The van der Waals surface area contributed by atoms with Crippen LogP contribution in [0.25, 0.3) is 0 Å². The Kier molecular flexibility index (Phi) is 4.06. The summed E-state index contributed by atoms with van der Waals surface area (Å²) in [5, 5.41) is 3.43. The van der Waals surface area contributed by atoms with Crippen LogP contribution in [-0.4, -0.2) is 16.5 Å². The van der Waals surface area contributed by atoms with Crippen molar-refractivity contribution in [2.24, 2.45) is 11.8 Å². The van der Waals surface area contributed by atoms with E-state index in [1.807, 2.05) is 0 Å². The number of hydrogen-bond donors (Lipinski definition) is 1. The van der Waals surface area contributed by atoms with Crippen molar-refractivity contribution in [2.75, 3.05) is 6.54 Å². The van der Waals surface area contributed by atoms with Crippen molar-refractivity contribution in [3.05, 3.63) is 22.8 Å². The molecule has 1 N–H and O–H groups in total. The van der Waals surface area contributed by atoms with Gasteiger partial charge in [0.2, 0.25) is 0 Å². The molecule has 2 heterocycles. The highest BCUT2D eigenvalue weighted by molar-refractivity contribution is 5.28. The first kappa shape index (κ1) is 14.0. The zero-order valence-corrected chi connectivity index (χ0v) is 13.1. The zero-order valence-electron chi connectivity index (χ0n) is 13.1. The molecule has 1 fully saturated rings. The molecule has 0 aromatic carbocycles. The smallest absolute Gasteiger partial charge is 0.132 e. The topological polar surface area (TPSA) is 37.8 Å². The van der Waals surface area contributed by atoms with Crippen LogP contribution in [0.5, 0.6) is 0 Å². The van der Waals surface area contributed by atoms with Gasteiger partial charge in [-0.25, -0.2) is 9.97 Å². The van der Waals surface area contributed by atoms with Gasteiger partial charge < -0.3 is 5.32 Å². The van der Waals surface area contributed by atoms with Crippen LogP contribution >= 0.6 is 0 Å². The monoisotopic (exact) mass is 273 g/mol. The second-order valence-electron chi connectivity index (χ2n) is 6.87. The molecule has 2 aliphatic rings. The minimum absolute atomic E-state index is 0.593. The summed E-state index contributed by atoms with van der Waals surface area (Å²) < 4.78 is 0. The molecule has 0 radical (unpaired) electrons. The number of hydrogen-bond acceptors (Lipinski definition) is 3. The van der Waals surface area contributed by atoms with Crippen molar-refractivity contribution >= 4 is 0 Å². The van der Waals surface area contributed by atoms with Gasteiger partial charge in [-0.1, -0.05) is 13.8 Å². The Bertz CT molecular complexity index is 473. The van der Waals surface area contributed by atoms with Crippen LogP contribution in [-0.2, 0) is 13.0 Å². The molecule has 1 aromatic rings. The second-order valence-corrected chi connectivity index (χ2v) is 6.87. The Morgan fingerprint density at radius 3 is 2.55 bits per heavy atom. The summed E-state index contributed by atoms with van der Waals surface area (Å²) in [5.74, 6) is 3.45. The van der Waals surface area contributed by atoms with Crippen LogP contribution in [0.3, 0.4) is 0 Å². The van der Waals surface area contributed by atoms with E-state index in [1.54, 1.807) is 0 Å². The number of nitrogens with one attached hydrogen (secondary N) is 1. The number of aryl methyl sites for hydroxylation is 1. The normalized spacial score (nSPS) is 26.6. The third-order valence-electron chi connectivity index (χ3n) is 5.24. The molecule has 3 heteroatoms. The van der Waals surface area contributed by atoms with E-state index in [2.05, 4.69) is 26.1 Å². The Hall–Kier alpha value is -0.960. The van der Waals surface area contributed by atoms with Crippen LogP contribution in [0.1, 0.15) is 68.2 Å². The quantitative estimate of drug-likeness (QED) is 0.898. The van der Waals surface area contributed by atoms with Crippen molar-refractivity contribution in [1.29, 1.82) is 0 Å². The van der Waals surface area contributed by atoms with Gasteiger partial charge in [-0.15, -0.1) is 0 Å².